The largest absolute Gasteiger partial charge is 0.311 e. The topological polar surface area (TPSA) is 56.1 Å². The van der Waals surface area contributed by atoms with E-state index >= 15 is 0 Å². The first-order valence-corrected chi connectivity index (χ1v) is 16.4. The SMILES string of the molecule is CC.CC.CC1CC=CC2=C1CCC2.Cn1c(=O)cc(C(C)(F)F)c2cc(Cc3ccc(S(C)(=O)=O)cc3)ccc21. The maximum absolute atomic E-state index is 14.0. The van der Waals surface area contributed by atoms with E-state index in [1.54, 1.807) is 48.5 Å². The summed E-state index contributed by atoms with van der Waals surface area (Å²) in [5.74, 6) is -2.29. The summed E-state index contributed by atoms with van der Waals surface area (Å²) < 4.78 is 52.4. The Morgan fingerprint density at radius 3 is 2.12 bits per heavy atom. The molecule has 2 aliphatic carbocycles. The first-order valence-electron chi connectivity index (χ1n) is 14.5. The van der Waals surface area contributed by atoms with Crippen LogP contribution in [0.1, 0.15) is 83.9 Å². The van der Waals surface area contributed by atoms with Crippen LogP contribution in [0, 0.1) is 5.92 Å². The average Bonchev–Trinajstić information content (AvgIpc) is 3.43. The van der Waals surface area contributed by atoms with Gasteiger partial charge in [0.25, 0.3) is 11.5 Å². The molecule has 1 heterocycles. The molecule has 4 nitrogen and oxygen atoms in total. The lowest BCUT2D eigenvalue weighted by Crippen LogP contribution is -2.21. The van der Waals surface area contributed by atoms with Crippen LogP contribution in [-0.4, -0.2) is 19.2 Å². The molecule has 0 saturated heterocycles. The van der Waals surface area contributed by atoms with Crippen LogP contribution >= 0.6 is 0 Å². The number of pyridine rings is 1. The minimum atomic E-state index is -3.27. The zero-order valence-corrected chi connectivity index (χ0v) is 26.5. The summed E-state index contributed by atoms with van der Waals surface area (Å²) in [7, 11) is -1.72. The number of allylic oxidation sites excluding steroid dienone is 4. The molecule has 2 aliphatic rings. The van der Waals surface area contributed by atoms with Crippen LogP contribution in [0.2, 0.25) is 0 Å². The molecule has 2 aromatic carbocycles. The van der Waals surface area contributed by atoms with Crippen LogP contribution in [0.4, 0.5) is 8.78 Å². The van der Waals surface area contributed by atoms with Gasteiger partial charge in [-0.2, -0.15) is 0 Å². The van der Waals surface area contributed by atoms with Crippen molar-refractivity contribution in [3.63, 3.8) is 0 Å². The van der Waals surface area contributed by atoms with Crippen molar-refractivity contribution in [2.45, 2.75) is 84.5 Å². The molecular formula is C34H45F2NO3S. The fourth-order valence-corrected chi connectivity index (χ4v) is 5.80. The molecule has 3 aromatic rings. The number of alkyl halides is 2. The number of fused-ring (bicyclic) bond motifs is 1. The van der Waals surface area contributed by atoms with Gasteiger partial charge in [-0.05, 0) is 79.0 Å². The zero-order chi connectivity index (χ0) is 31.0. The van der Waals surface area contributed by atoms with Crippen molar-refractivity contribution in [3.8, 4) is 0 Å². The van der Waals surface area contributed by atoms with Gasteiger partial charge in [0.05, 0.1) is 10.4 Å². The van der Waals surface area contributed by atoms with Crippen molar-refractivity contribution in [1.82, 2.24) is 4.57 Å². The van der Waals surface area contributed by atoms with E-state index in [9.17, 15) is 22.0 Å². The molecule has 1 unspecified atom stereocenters. The van der Waals surface area contributed by atoms with Crippen LogP contribution in [0.15, 0.2) is 81.5 Å². The van der Waals surface area contributed by atoms with Crippen molar-refractivity contribution < 1.29 is 17.2 Å². The molecule has 5 rings (SSSR count). The first kappa shape index (κ1) is 34.1. The summed E-state index contributed by atoms with van der Waals surface area (Å²) in [5, 5.41) is 0.329. The Hall–Kier alpha value is -3.06. The number of hydrogen-bond acceptors (Lipinski definition) is 3. The number of sulfone groups is 1. The predicted molar refractivity (Wildman–Crippen MR) is 168 cm³/mol. The molecular weight excluding hydrogens is 540 g/mol. The number of benzene rings is 2. The van der Waals surface area contributed by atoms with Gasteiger partial charge in [0.1, 0.15) is 0 Å². The number of rotatable bonds is 4. The van der Waals surface area contributed by atoms with Gasteiger partial charge in [-0.15, -0.1) is 0 Å². The van der Waals surface area contributed by atoms with E-state index in [0.29, 0.717) is 17.3 Å². The Bertz CT molecular complexity index is 1540. The van der Waals surface area contributed by atoms with E-state index in [2.05, 4.69) is 19.1 Å². The molecule has 0 aliphatic heterocycles. The van der Waals surface area contributed by atoms with Crippen molar-refractivity contribution in [1.29, 1.82) is 0 Å². The third kappa shape index (κ3) is 8.71. The first-order chi connectivity index (χ1) is 19.3. The highest BCUT2D eigenvalue weighted by atomic mass is 32.2. The van der Waals surface area contributed by atoms with E-state index in [1.165, 1.54) is 42.4 Å². The van der Waals surface area contributed by atoms with Crippen LogP contribution < -0.4 is 5.56 Å². The highest BCUT2D eigenvalue weighted by molar-refractivity contribution is 7.90. The number of aromatic nitrogens is 1. The van der Waals surface area contributed by atoms with Gasteiger partial charge in [-0.25, -0.2) is 17.2 Å². The molecule has 7 heteroatoms. The third-order valence-electron chi connectivity index (χ3n) is 7.25. The Kier molecular flexibility index (Phi) is 12.3. The molecule has 0 spiro atoms. The highest BCUT2D eigenvalue weighted by Crippen LogP contribution is 2.36. The third-order valence-corrected chi connectivity index (χ3v) is 8.38. The molecule has 0 amide bonds. The fraction of sp³-hybridized carbons (Fsp3) is 0.441. The molecule has 0 fully saturated rings. The van der Waals surface area contributed by atoms with Crippen molar-refractivity contribution >= 4 is 20.7 Å². The van der Waals surface area contributed by atoms with E-state index in [1.807, 2.05) is 27.7 Å². The Morgan fingerprint density at radius 1 is 0.951 bits per heavy atom. The number of hydrogen-bond donors (Lipinski definition) is 0. The summed E-state index contributed by atoms with van der Waals surface area (Å²) in [6, 6.07) is 12.5. The molecule has 41 heavy (non-hydrogen) atoms. The highest BCUT2D eigenvalue weighted by Gasteiger charge is 2.28. The van der Waals surface area contributed by atoms with Gasteiger partial charge in [0.15, 0.2) is 9.84 Å². The second kappa shape index (κ2) is 14.7. The lowest BCUT2D eigenvalue weighted by Gasteiger charge is -2.16. The minimum Gasteiger partial charge on any atom is -0.311 e. The normalized spacial score (nSPS) is 16.1. The summed E-state index contributed by atoms with van der Waals surface area (Å²) in [5.41, 5.74) is 4.71. The van der Waals surface area contributed by atoms with Gasteiger partial charge >= 0.3 is 0 Å². The van der Waals surface area contributed by atoms with Gasteiger partial charge in [0, 0.05) is 37.2 Å². The van der Waals surface area contributed by atoms with Crippen LogP contribution in [0.5, 0.6) is 0 Å². The van der Waals surface area contributed by atoms with Crippen LogP contribution in [0.25, 0.3) is 10.9 Å². The molecule has 0 N–H and O–H groups in total. The lowest BCUT2D eigenvalue weighted by molar-refractivity contribution is 0.0189. The van der Waals surface area contributed by atoms with Gasteiger partial charge in [-0.1, -0.05) is 70.5 Å². The molecule has 1 aromatic heterocycles. The molecule has 0 saturated carbocycles. The summed E-state index contributed by atoms with van der Waals surface area (Å²) in [4.78, 5) is 12.2. The maximum atomic E-state index is 14.0. The van der Waals surface area contributed by atoms with E-state index in [4.69, 9.17) is 0 Å². The zero-order valence-electron chi connectivity index (χ0n) is 25.7. The lowest BCUT2D eigenvalue weighted by atomic mass is 9.90. The molecule has 0 radical (unpaired) electrons. The second-order valence-electron chi connectivity index (χ2n) is 10.2. The average molecular weight is 586 g/mol. The monoisotopic (exact) mass is 585 g/mol. The standard InChI is InChI=1S/C20H19F2NO3S.C10H14.2C2H6/c1-20(21,22)17-12-19(24)23(2)18-9-6-14(11-16(17)18)10-13-4-7-15(8-5-13)27(3,25)26;1-8-4-2-5-9-6-3-7-10(8)9;2*1-2/h4-9,11-12H,10H2,1-3H3;2,5,8H,3-4,6-7H2,1H3;2*1-2H3. The molecule has 1 atom stereocenters. The number of nitrogens with zero attached hydrogens (tertiary/aromatic N) is 1. The smallest absolute Gasteiger partial charge is 0.271 e. The van der Waals surface area contributed by atoms with Gasteiger partial charge < -0.3 is 4.57 Å². The van der Waals surface area contributed by atoms with Crippen LogP contribution in [-0.2, 0) is 29.2 Å². The maximum Gasteiger partial charge on any atom is 0.271 e. The summed E-state index contributed by atoms with van der Waals surface area (Å²) >= 11 is 0. The van der Waals surface area contributed by atoms with E-state index in [0.717, 1.165) is 36.3 Å². The second-order valence-corrected chi connectivity index (χ2v) is 12.2. The summed E-state index contributed by atoms with van der Waals surface area (Å²) in [6.07, 6.45) is 11.7. The molecule has 224 valence electrons. The Morgan fingerprint density at radius 2 is 1.56 bits per heavy atom. The van der Waals surface area contributed by atoms with Crippen molar-refractivity contribution in [2.24, 2.45) is 13.0 Å². The molecule has 0 bridgehead atoms. The predicted octanol–water partition coefficient (Wildman–Crippen LogP) is 8.76. The van der Waals surface area contributed by atoms with Gasteiger partial charge in [0.2, 0.25) is 0 Å². The fourth-order valence-electron chi connectivity index (χ4n) is 5.17. The van der Waals surface area contributed by atoms with Crippen molar-refractivity contribution in [3.05, 3.63) is 98.9 Å². The Balaban J connectivity index is 0.000000347. The van der Waals surface area contributed by atoms with E-state index < -0.39 is 21.3 Å². The number of halogens is 2. The minimum absolute atomic E-state index is 0.229. The van der Waals surface area contributed by atoms with Crippen LogP contribution in [0.3, 0.4) is 0 Å². The van der Waals surface area contributed by atoms with Crippen molar-refractivity contribution in [2.75, 3.05) is 6.26 Å². The quantitative estimate of drug-likeness (QED) is 0.308. The Labute approximate surface area is 244 Å². The number of aryl methyl sites for hydroxylation is 1. The van der Waals surface area contributed by atoms with E-state index in [-0.39, 0.29) is 10.5 Å². The van der Waals surface area contributed by atoms with Gasteiger partial charge in [-0.3, -0.25) is 4.79 Å². The summed E-state index contributed by atoms with van der Waals surface area (Å²) in [6.45, 7) is 11.1.